The highest BCUT2D eigenvalue weighted by Gasteiger charge is 2.27. The minimum absolute atomic E-state index is 0.151. The first-order valence-corrected chi connectivity index (χ1v) is 11.9. The fourth-order valence-corrected chi connectivity index (χ4v) is 4.74. The van der Waals surface area contributed by atoms with Crippen molar-refractivity contribution in [2.45, 2.75) is 25.4 Å². The van der Waals surface area contributed by atoms with Crippen LogP contribution in [-0.2, 0) is 17.8 Å². The molecule has 0 radical (unpaired) electrons. The van der Waals surface area contributed by atoms with E-state index in [0.717, 1.165) is 55.8 Å². The van der Waals surface area contributed by atoms with E-state index in [2.05, 4.69) is 61.9 Å². The number of nitrogens with one attached hydrogen (secondary N) is 2. The number of H-pyrrole nitrogens is 1. The number of carbonyl (C=O) groups is 1. The number of hydrogen-bond acceptors (Lipinski definition) is 5. The molecule has 3 heterocycles. The van der Waals surface area contributed by atoms with Crippen LogP contribution in [0.4, 0.5) is 0 Å². The molecule has 1 aliphatic heterocycles. The highest BCUT2D eigenvalue weighted by atomic mass is 16.2. The molecule has 1 fully saturated rings. The van der Waals surface area contributed by atoms with E-state index in [1.807, 2.05) is 34.7 Å². The summed E-state index contributed by atoms with van der Waals surface area (Å²) in [5.41, 5.74) is 4.66. The Bertz CT molecular complexity index is 1220. The van der Waals surface area contributed by atoms with Crippen LogP contribution < -0.4 is 5.32 Å². The molecule has 4 aromatic rings. The molecule has 1 aliphatic rings. The monoisotopic (exact) mass is 457 g/mol. The topological polar surface area (TPSA) is 82.1 Å². The first kappa shape index (κ1) is 22.3. The lowest BCUT2D eigenvalue weighted by atomic mass is 10.1. The molecule has 1 unspecified atom stereocenters. The Hall–Kier alpha value is -3.49. The van der Waals surface area contributed by atoms with Crippen LogP contribution >= 0.6 is 0 Å². The van der Waals surface area contributed by atoms with Crippen LogP contribution in [0.25, 0.3) is 16.6 Å². The third-order valence-corrected chi connectivity index (χ3v) is 6.58. The zero-order valence-electron chi connectivity index (χ0n) is 19.5. The number of piperazine rings is 1. The van der Waals surface area contributed by atoms with Crippen LogP contribution in [0.1, 0.15) is 17.5 Å². The molecule has 8 nitrogen and oxygen atoms in total. The molecule has 1 amide bonds. The first-order chi connectivity index (χ1) is 16.7. The van der Waals surface area contributed by atoms with Gasteiger partial charge in [-0.25, -0.2) is 0 Å². The Labute approximate surface area is 199 Å². The predicted octanol–water partition coefficient (Wildman–Crippen LogP) is 2.61. The summed E-state index contributed by atoms with van der Waals surface area (Å²) < 4.78 is 1.92. The number of amides is 1. The Kier molecular flexibility index (Phi) is 6.69. The summed E-state index contributed by atoms with van der Waals surface area (Å²) in [6, 6.07) is 16.3. The summed E-state index contributed by atoms with van der Waals surface area (Å²) in [4.78, 5) is 20.6. The van der Waals surface area contributed by atoms with Crippen molar-refractivity contribution in [3.05, 3.63) is 78.5 Å². The number of aromatic amines is 1. The fraction of sp³-hybridized carbons (Fsp3) is 0.346. The molecule has 2 N–H and O–H groups in total. The van der Waals surface area contributed by atoms with Crippen LogP contribution in [0.3, 0.4) is 0 Å². The van der Waals surface area contributed by atoms with Crippen molar-refractivity contribution in [1.82, 2.24) is 34.9 Å². The van der Waals surface area contributed by atoms with Gasteiger partial charge in [-0.15, -0.1) is 10.2 Å². The van der Waals surface area contributed by atoms with Gasteiger partial charge in [-0.2, -0.15) is 0 Å². The second-order valence-corrected chi connectivity index (χ2v) is 9.00. The minimum Gasteiger partial charge on any atom is -0.361 e. The lowest BCUT2D eigenvalue weighted by Crippen LogP contribution is -2.57. The van der Waals surface area contributed by atoms with Gasteiger partial charge in [0.2, 0.25) is 5.91 Å². The quantitative estimate of drug-likeness (QED) is 0.425. The predicted molar refractivity (Wildman–Crippen MR) is 133 cm³/mol. The molecule has 176 valence electrons. The molecular formula is C26H31N7O. The summed E-state index contributed by atoms with van der Waals surface area (Å²) in [6.45, 7) is 4.17. The highest BCUT2D eigenvalue weighted by Crippen LogP contribution is 2.23. The third-order valence-electron chi connectivity index (χ3n) is 6.58. The number of rotatable bonds is 8. The SMILES string of the molecule is CN(Cc1ccccc1)C(=O)C1CN(CCCc2c[nH]c3ccc(-n4cnnc4)cc23)CCN1. The number of carbonyl (C=O) groups excluding carboxylic acids is 1. The second kappa shape index (κ2) is 10.2. The van der Waals surface area contributed by atoms with Crippen molar-refractivity contribution in [3.63, 3.8) is 0 Å². The molecule has 0 bridgehead atoms. The average molecular weight is 458 g/mol. The van der Waals surface area contributed by atoms with Gasteiger partial charge < -0.3 is 15.2 Å². The smallest absolute Gasteiger partial charge is 0.241 e. The van der Waals surface area contributed by atoms with Crippen molar-refractivity contribution >= 4 is 16.8 Å². The summed E-state index contributed by atoms with van der Waals surface area (Å²) in [7, 11) is 1.89. The van der Waals surface area contributed by atoms with Gasteiger partial charge in [-0.05, 0) is 48.7 Å². The highest BCUT2D eigenvalue weighted by molar-refractivity contribution is 5.85. The summed E-state index contributed by atoms with van der Waals surface area (Å²) >= 11 is 0. The van der Waals surface area contributed by atoms with Crippen LogP contribution in [0.5, 0.6) is 0 Å². The van der Waals surface area contributed by atoms with Gasteiger partial charge in [0.25, 0.3) is 0 Å². The van der Waals surface area contributed by atoms with Gasteiger partial charge in [0.15, 0.2) is 0 Å². The van der Waals surface area contributed by atoms with Gasteiger partial charge >= 0.3 is 0 Å². The molecule has 2 aromatic heterocycles. The molecule has 0 spiro atoms. The lowest BCUT2D eigenvalue weighted by molar-refractivity contribution is -0.133. The van der Waals surface area contributed by atoms with E-state index in [-0.39, 0.29) is 11.9 Å². The van der Waals surface area contributed by atoms with E-state index in [0.29, 0.717) is 6.54 Å². The van der Waals surface area contributed by atoms with Gasteiger partial charge in [0.1, 0.15) is 12.7 Å². The molecule has 1 saturated heterocycles. The van der Waals surface area contributed by atoms with Gasteiger partial charge in [-0.1, -0.05) is 30.3 Å². The van der Waals surface area contributed by atoms with Gasteiger partial charge in [0, 0.05) is 56.0 Å². The van der Waals surface area contributed by atoms with Crippen molar-refractivity contribution in [3.8, 4) is 5.69 Å². The van der Waals surface area contributed by atoms with Gasteiger partial charge in [0.05, 0.1) is 6.04 Å². The Balaban J connectivity index is 1.15. The number of aromatic nitrogens is 4. The molecule has 1 atom stereocenters. The lowest BCUT2D eigenvalue weighted by Gasteiger charge is -2.34. The molecular weight excluding hydrogens is 426 g/mol. The zero-order valence-corrected chi connectivity index (χ0v) is 19.5. The minimum atomic E-state index is -0.151. The normalized spacial score (nSPS) is 16.7. The van der Waals surface area contributed by atoms with Gasteiger partial charge in [-0.3, -0.25) is 14.3 Å². The number of fused-ring (bicyclic) bond motifs is 1. The molecule has 2 aromatic carbocycles. The second-order valence-electron chi connectivity index (χ2n) is 9.00. The maximum atomic E-state index is 13.0. The molecule has 8 heteroatoms. The summed E-state index contributed by atoms with van der Waals surface area (Å²) in [5, 5.41) is 12.5. The van der Waals surface area contributed by atoms with Crippen LogP contribution in [0, 0.1) is 0 Å². The van der Waals surface area contributed by atoms with E-state index in [9.17, 15) is 4.79 Å². The summed E-state index contributed by atoms with van der Waals surface area (Å²) in [6.07, 6.45) is 7.58. The molecule has 0 saturated carbocycles. The number of benzene rings is 2. The third kappa shape index (κ3) is 5.03. The van der Waals surface area contributed by atoms with E-state index in [1.54, 1.807) is 12.7 Å². The van der Waals surface area contributed by atoms with Crippen LogP contribution in [0.15, 0.2) is 67.4 Å². The standard InChI is InChI=1S/C26H31N7O/c1-31(16-20-6-3-2-4-7-20)26(34)25-17-32(13-11-27-25)12-5-8-21-15-28-24-10-9-22(14-23(21)24)33-18-29-30-19-33/h2-4,6-7,9-10,14-15,18-19,25,27-28H,5,8,11-13,16-17H2,1H3. The van der Waals surface area contributed by atoms with E-state index < -0.39 is 0 Å². The van der Waals surface area contributed by atoms with Crippen molar-refractivity contribution < 1.29 is 4.79 Å². The van der Waals surface area contributed by atoms with Crippen LogP contribution in [0.2, 0.25) is 0 Å². The Morgan fingerprint density at radius 3 is 2.79 bits per heavy atom. The van der Waals surface area contributed by atoms with E-state index >= 15 is 0 Å². The number of hydrogen-bond donors (Lipinski definition) is 2. The Morgan fingerprint density at radius 2 is 1.97 bits per heavy atom. The van der Waals surface area contributed by atoms with E-state index in [1.165, 1.54) is 10.9 Å². The summed E-state index contributed by atoms with van der Waals surface area (Å²) in [5.74, 6) is 0.159. The number of likely N-dealkylation sites (N-methyl/N-ethyl adjacent to an activating group) is 1. The van der Waals surface area contributed by atoms with Crippen molar-refractivity contribution in [2.75, 3.05) is 33.2 Å². The largest absolute Gasteiger partial charge is 0.361 e. The van der Waals surface area contributed by atoms with E-state index in [4.69, 9.17) is 0 Å². The average Bonchev–Trinajstić information content (AvgIpc) is 3.55. The maximum Gasteiger partial charge on any atom is 0.241 e. The zero-order chi connectivity index (χ0) is 23.3. The fourth-order valence-electron chi connectivity index (χ4n) is 4.74. The number of nitrogens with zero attached hydrogens (tertiary/aromatic N) is 5. The van der Waals surface area contributed by atoms with Crippen molar-refractivity contribution in [2.24, 2.45) is 0 Å². The van der Waals surface area contributed by atoms with Crippen LogP contribution in [-0.4, -0.2) is 74.7 Å². The first-order valence-electron chi connectivity index (χ1n) is 11.9. The molecule has 5 rings (SSSR count). The molecule has 0 aliphatic carbocycles. The maximum absolute atomic E-state index is 13.0. The molecule has 34 heavy (non-hydrogen) atoms. The number of aryl methyl sites for hydroxylation is 1. The van der Waals surface area contributed by atoms with Crippen molar-refractivity contribution in [1.29, 1.82) is 0 Å². The Morgan fingerprint density at radius 1 is 1.15 bits per heavy atom.